The molecule has 0 fully saturated rings. The molecule has 0 saturated heterocycles. The van der Waals surface area contributed by atoms with Crippen molar-refractivity contribution in [1.29, 1.82) is 0 Å². The number of Topliss-reactive ketones (excluding diaryl/α,β-unsaturated/α-hetero) is 1. The fourth-order valence-electron chi connectivity index (χ4n) is 2.66. The molecule has 2 rings (SSSR count). The molecular formula is C22H29NO4S. The quantitative estimate of drug-likeness (QED) is 0.571. The smallest absolute Gasteiger partial charge is 0.220 e. The van der Waals surface area contributed by atoms with E-state index in [1.54, 1.807) is 7.11 Å². The van der Waals surface area contributed by atoms with Crippen LogP contribution in [-0.2, 0) is 4.79 Å². The Balaban J connectivity index is 1.91. The number of benzene rings is 1. The molecule has 152 valence electrons. The standard InChI is InChI=1S/C22H29NO4S/c1-14(2)13-27-19-9-7-17(12-20(19)26-5)16(4)23-22(25)11-8-18(24)21-10-6-15(3)28-21/h6-7,9-10,12,14,16H,8,11,13H2,1-5H3,(H,23,25). The lowest BCUT2D eigenvalue weighted by molar-refractivity contribution is -0.121. The molecule has 1 amide bonds. The molecule has 5 nitrogen and oxygen atoms in total. The van der Waals surface area contributed by atoms with Gasteiger partial charge in [0, 0.05) is 17.7 Å². The van der Waals surface area contributed by atoms with Crippen LogP contribution in [-0.4, -0.2) is 25.4 Å². The van der Waals surface area contributed by atoms with Gasteiger partial charge in [0.25, 0.3) is 0 Å². The zero-order chi connectivity index (χ0) is 20.7. The van der Waals surface area contributed by atoms with Crippen LogP contribution in [0.15, 0.2) is 30.3 Å². The first-order chi connectivity index (χ1) is 13.3. The van der Waals surface area contributed by atoms with Gasteiger partial charge in [0.1, 0.15) is 0 Å². The van der Waals surface area contributed by atoms with E-state index >= 15 is 0 Å². The molecule has 6 heteroatoms. The summed E-state index contributed by atoms with van der Waals surface area (Å²) in [6.45, 7) is 8.65. The van der Waals surface area contributed by atoms with Gasteiger partial charge in [-0.25, -0.2) is 0 Å². The molecular weight excluding hydrogens is 374 g/mol. The van der Waals surface area contributed by atoms with Gasteiger partial charge in [0.15, 0.2) is 17.3 Å². The Morgan fingerprint density at radius 1 is 1.07 bits per heavy atom. The molecule has 1 N–H and O–H groups in total. The third kappa shape index (κ3) is 6.37. The molecule has 0 saturated carbocycles. The summed E-state index contributed by atoms with van der Waals surface area (Å²) in [5, 5.41) is 2.95. The number of hydrogen-bond donors (Lipinski definition) is 1. The average Bonchev–Trinajstić information content (AvgIpc) is 3.10. The number of rotatable bonds is 10. The number of aryl methyl sites for hydroxylation is 1. The van der Waals surface area contributed by atoms with Gasteiger partial charge in [0.2, 0.25) is 5.91 Å². The van der Waals surface area contributed by atoms with Crippen LogP contribution < -0.4 is 14.8 Å². The normalized spacial score (nSPS) is 11.9. The molecule has 0 radical (unpaired) electrons. The van der Waals surface area contributed by atoms with Crippen molar-refractivity contribution in [3.05, 3.63) is 45.6 Å². The fraction of sp³-hybridized carbons (Fsp3) is 0.455. The molecule has 1 aromatic heterocycles. The number of ether oxygens (including phenoxy) is 2. The lowest BCUT2D eigenvalue weighted by Gasteiger charge is -2.17. The Kier molecular flexibility index (Phi) is 8.05. The van der Waals surface area contributed by atoms with Crippen molar-refractivity contribution in [3.8, 4) is 11.5 Å². The Morgan fingerprint density at radius 2 is 1.82 bits per heavy atom. The van der Waals surface area contributed by atoms with Gasteiger partial charge in [-0.15, -0.1) is 11.3 Å². The summed E-state index contributed by atoms with van der Waals surface area (Å²) >= 11 is 1.46. The summed E-state index contributed by atoms with van der Waals surface area (Å²) in [4.78, 5) is 26.2. The molecule has 0 spiro atoms. The fourth-order valence-corrected chi connectivity index (χ4v) is 3.50. The Bertz CT molecular complexity index is 813. The summed E-state index contributed by atoms with van der Waals surface area (Å²) in [5.74, 6) is 1.61. The van der Waals surface area contributed by atoms with Crippen molar-refractivity contribution in [2.75, 3.05) is 13.7 Å². The molecule has 2 aromatic rings. The van der Waals surface area contributed by atoms with Crippen LogP contribution in [0.25, 0.3) is 0 Å². The lowest BCUT2D eigenvalue weighted by Crippen LogP contribution is -2.27. The van der Waals surface area contributed by atoms with Gasteiger partial charge in [-0.3, -0.25) is 9.59 Å². The van der Waals surface area contributed by atoms with Crippen LogP contribution >= 0.6 is 11.3 Å². The maximum Gasteiger partial charge on any atom is 0.220 e. The van der Waals surface area contributed by atoms with Crippen LogP contribution in [0.3, 0.4) is 0 Å². The van der Waals surface area contributed by atoms with E-state index in [1.807, 2.05) is 44.2 Å². The minimum atomic E-state index is -0.195. The van der Waals surface area contributed by atoms with Crippen LogP contribution in [0.1, 0.15) is 59.8 Å². The second kappa shape index (κ2) is 10.3. The number of carbonyl (C=O) groups is 2. The van der Waals surface area contributed by atoms with Gasteiger partial charge in [-0.1, -0.05) is 19.9 Å². The second-order valence-electron chi connectivity index (χ2n) is 7.24. The number of carbonyl (C=O) groups excluding carboxylic acids is 2. The maximum atomic E-state index is 12.3. The van der Waals surface area contributed by atoms with Crippen molar-refractivity contribution in [2.45, 2.75) is 46.6 Å². The second-order valence-corrected chi connectivity index (χ2v) is 8.53. The van der Waals surface area contributed by atoms with Crippen molar-refractivity contribution in [1.82, 2.24) is 5.32 Å². The van der Waals surface area contributed by atoms with Gasteiger partial charge in [-0.2, -0.15) is 0 Å². The molecule has 0 bridgehead atoms. The number of nitrogens with one attached hydrogen (secondary N) is 1. The molecule has 1 unspecified atom stereocenters. The highest BCUT2D eigenvalue weighted by molar-refractivity contribution is 7.14. The van der Waals surface area contributed by atoms with E-state index in [0.29, 0.717) is 28.9 Å². The van der Waals surface area contributed by atoms with Gasteiger partial charge in [0.05, 0.1) is 24.6 Å². The third-order valence-electron chi connectivity index (χ3n) is 4.23. The van der Waals surface area contributed by atoms with Gasteiger partial charge < -0.3 is 14.8 Å². The molecule has 1 atom stereocenters. The summed E-state index contributed by atoms with van der Waals surface area (Å²) < 4.78 is 11.2. The molecule has 0 aliphatic rings. The predicted octanol–water partition coefficient (Wildman–Crippen LogP) is 4.94. The highest BCUT2D eigenvalue weighted by atomic mass is 32.1. The van der Waals surface area contributed by atoms with Crippen LogP contribution in [0, 0.1) is 12.8 Å². The molecule has 28 heavy (non-hydrogen) atoms. The zero-order valence-electron chi connectivity index (χ0n) is 17.2. The molecule has 0 aliphatic carbocycles. The monoisotopic (exact) mass is 403 g/mol. The SMILES string of the molecule is COc1cc(C(C)NC(=O)CCC(=O)c2ccc(C)s2)ccc1OCC(C)C. The van der Waals surface area contributed by atoms with E-state index in [4.69, 9.17) is 9.47 Å². The van der Waals surface area contributed by atoms with Gasteiger partial charge >= 0.3 is 0 Å². The largest absolute Gasteiger partial charge is 0.493 e. The van der Waals surface area contributed by atoms with Crippen molar-refractivity contribution >= 4 is 23.0 Å². The first kappa shape index (κ1) is 22.0. The van der Waals surface area contributed by atoms with Gasteiger partial charge in [-0.05, 0) is 49.6 Å². The highest BCUT2D eigenvalue weighted by Crippen LogP contribution is 2.30. The third-order valence-corrected chi connectivity index (χ3v) is 5.27. The van der Waals surface area contributed by atoms with E-state index < -0.39 is 0 Å². The number of ketones is 1. The summed E-state index contributed by atoms with van der Waals surface area (Å²) in [5.41, 5.74) is 0.919. The Hall–Kier alpha value is -2.34. The van der Waals surface area contributed by atoms with Crippen molar-refractivity contribution in [2.24, 2.45) is 5.92 Å². The Morgan fingerprint density at radius 3 is 2.43 bits per heavy atom. The first-order valence-electron chi connectivity index (χ1n) is 9.50. The van der Waals surface area contributed by atoms with E-state index in [-0.39, 0.29) is 30.6 Å². The molecule has 1 heterocycles. The van der Waals surface area contributed by atoms with Crippen LogP contribution in [0.4, 0.5) is 0 Å². The Labute approximate surface area is 171 Å². The molecule has 0 aliphatic heterocycles. The van der Waals surface area contributed by atoms with Crippen LogP contribution in [0.5, 0.6) is 11.5 Å². The number of thiophene rings is 1. The first-order valence-corrected chi connectivity index (χ1v) is 10.3. The highest BCUT2D eigenvalue weighted by Gasteiger charge is 2.15. The number of methoxy groups -OCH3 is 1. The summed E-state index contributed by atoms with van der Waals surface area (Å²) in [6.07, 6.45) is 0.386. The number of hydrogen-bond acceptors (Lipinski definition) is 5. The van der Waals surface area contributed by atoms with E-state index in [2.05, 4.69) is 19.2 Å². The van der Waals surface area contributed by atoms with E-state index in [1.165, 1.54) is 11.3 Å². The predicted molar refractivity (Wildman–Crippen MR) is 113 cm³/mol. The molecule has 1 aromatic carbocycles. The topological polar surface area (TPSA) is 64.6 Å². The average molecular weight is 404 g/mol. The summed E-state index contributed by atoms with van der Waals surface area (Å²) in [7, 11) is 1.60. The van der Waals surface area contributed by atoms with Crippen molar-refractivity contribution in [3.63, 3.8) is 0 Å². The minimum absolute atomic E-state index is 0.00854. The maximum absolute atomic E-state index is 12.3. The zero-order valence-corrected chi connectivity index (χ0v) is 18.0. The van der Waals surface area contributed by atoms with Crippen LogP contribution in [0.2, 0.25) is 0 Å². The minimum Gasteiger partial charge on any atom is -0.493 e. The number of amides is 1. The van der Waals surface area contributed by atoms with Crippen molar-refractivity contribution < 1.29 is 19.1 Å². The summed E-state index contributed by atoms with van der Waals surface area (Å²) in [6, 6.07) is 9.20. The lowest BCUT2D eigenvalue weighted by atomic mass is 10.1. The van der Waals surface area contributed by atoms with E-state index in [0.717, 1.165) is 10.4 Å². The van der Waals surface area contributed by atoms with E-state index in [9.17, 15) is 9.59 Å².